The molecule has 0 aromatic heterocycles. The van der Waals surface area contributed by atoms with Crippen LogP contribution in [0.2, 0.25) is 0 Å². The molecule has 40 heavy (non-hydrogen) atoms. The van der Waals surface area contributed by atoms with Crippen LogP contribution in [-0.4, -0.2) is 57.6 Å². The Kier molecular flexibility index (Phi) is 11.1. The molecule has 0 saturated carbocycles. The van der Waals surface area contributed by atoms with Gasteiger partial charge in [-0.25, -0.2) is 12.8 Å². The summed E-state index contributed by atoms with van der Waals surface area (Å²) in [4.78, 5) is 28.8. The molecular formula is C30H36FN3O5S. The second-order valence-electron chi connectivity index (χ2n) is 9.43. The Bertz CT molecular complexity index is 1370. The van der Waals surface area contributed by atoms with E-state index >= 15 is 0 Å². The molecule has 0 aliphatic heterocycles. The van der Waals surface area contributed by atoms with Crippen molar-refractivity contribution < 1.29 is 27.1 Å². The minimum Gasteiger partial charge on any atom is -0.497 e. The summed E-state index contributed by atoms with van der Waals surface area (Å²) in [5.74, 6) is -1.04. The highest BCUT2D eigenvalue weighted by Gasteiger charge is 2.33. The fraction of sp³-hybridized carbons (Fsp3) is 0.333. The highest BCUT2D eigenvalue weighted by atomic mass is 32.2. The molecule has 0 heterocycles. The van der Waals surface area contributed by atoms with E-state index < -0.39 is 40.2 Å². The first-order chi connectivity index (χ1) is 19.1. The molecule has 0 bridgehead atoms. The molecule has 0 saturated heterocycles. The number of halogens is 1. The van der Waals surface area contributed by atoms with Crippen LogP contribution in [-0.2, 0) is 32.6 Å². The summed E-state index contributed by atoms with van der Waals surface area (Å²) in [5, 5.41) is 2.90. The first-order valence-electron chi connectivity index (χ1n) is 13.1. The highest BCUT2D eigenvalue weighted by Crippen LogP contribution is 2.23. The van der Waals surface area contributed by atoms with E-state index in [1.807, 2.05) is 37.3 Å². The molecule has 0 spiro atoms. The van der Waals surface area contributed by atoms with E-state index in [0.717, 1.165) is 29.0 Å². The van der Waals surface area contributed by atoms with Gasteiger partial charge in [-0.1, -0.05) is 61.9 Å². The second kappa shape index (κ2) is 14.5. The Balaban J connectivity index is 2.03. The van der Waals surface area contributed by atoms with Crippen molar-refractivity contribution in [3.63, 3.8) is 0 Å². The molecular weight excluding hydrogens is 533 g/mol. The maximum Gasteiger partial charge on any atom is 0.244 e. The van der Waals surface area contributed by atoms with Gasteiger partial charge in [-0.05, 0) is 42.3 Å². The standard InChI is InChI=1S/C30H36FN3O5S/c1-4-5-19-32-30(36)28(20-23-11-7-6-8-12-23)33(21-24-13-9-10-14-27(24)31)29(35)22-34(40(3,37)38)25-15-17-26(39-2)18-16-25/h6-18,28H,4-5,19-22H2,1-3H3,(H,32,36)/t28-/m0/s1. The van der Waals surface area contributed by atoms with Gasteiger partial charge in [0.2, 0.25) is 21.8 Å². The third kappa shape index (κ3) is 8.54. The molecule has 0 fully saturated rings. The molecule has 3 aromatic carbocycles. The van der Waals surface area contributed by atoms with Crippen LogP contribution in [0.1, 0.15) is 30.9 Å². The minimum absolute atomic E-state index is 0.167. The van der Waals surface area contributed by atoms with Gasteiger partial charge in [0.1, 0.15) is 24.2 Å². The van der Waals surface area contributed by atoms with E-state index in [2.05, 4.69) is 5.32 Å². The molecule has 1 atom stereocenters. The first-order valence-corrected chi connectivity index (χ1v) is 14.9. The Morgan fingerprint density at radius 2 is 1.62 bits per heavy atom. The van der Waals surface area contributed by atoms with Crippen LogP contribution in [0.4, 0.5) is 10.1 Å². The van der Waals surface area contributed by atoms with Crippen molar-refractivity contribution in [2.75, 3.05) is 30.8 Å². The lowest BCUT2D eigenvalue weighted by Gasteiger charge is -2.33. The Morgan fingerprint density at radius 1 is 0.975 bits per heavy atom. The van der Waals surface area contributed by atoms with Crippen LogP contribution >= 0.6 is 0 Å². The van der Waals surface area contributed by atoms with Gasteiger partial charge in [-0.2, -0.15) is 0 Å². The number of carbonyl (C=O) groups is 2. The average molecular weight is 570 g/mol. The summed E-state index contributed by atoms with van der Waals surface area (Å²) in [6.07, 6.45) is 2.79. The van der Waals surface area contributed by atoms with Gasteiger partial charge in [0, 0.05) is 25.1 Å². The quantitative estimate of drug-likeness (QED) is 0.294. The minimum atomic E-state index is -3.90. The van der Waals surface area contributed by atoms with Crippen molar-refractivity contribution in [2.24, 2.45) is 0 Å². The predicted octanol–water partition coefficient (Wildman–Crippen LogP) is 4.16. The van der Waals surface area contributed by atoms with Crippen molar-refractivity contribution in [1.29, 1.82) is 0 Å². The number of unbranched alkanes of at least 4 members (excludes halogenated alkanes) is 1. The molecule has 2 amide bonds. The Morgan fingerprint density at radius 3 is 2.23 bits per heavy atom. The van der Waals surface area contributed by atoms with E-state index in [1.165, 1.54) is 30.2 Å². The van der Waals surface area contributed by atoms with Crippen molar-refractivity contribution in [3.8, 4) is 5.75 Å². The number of sulfonamides is 1. The molecule has 0 unspecified atom stereocenters. The second-order valence-corrected chi connectivity index (χ2v) is 11.3. The zero-order chi connectivity index (χ0) is 29.1. The van der Waals surface area contributed by atoms with Crippen molar-refractivity contribution >= 4 is 27.5 Å². The van der Waals surface area contributed by atoms with Crippen molar-refractivity contribution in [2.45, 2.75) is 38.8 Å². The number of nitrogens with zero attached hydrogens (tertiary/aromatic N) is 2. The van der Waals surface area contributed by atoms with Gasteiger partial charge in [-0.15, -0.1) is 0 Å². The fourth-order valence-electron chi connectivity index (χ4n) is 4.23. The van der Waals surface area contributed by atoms with E-state index in [4.69, 9.17) is 4.74 Å². The normalized spacial score (nSPS) is 11.9. The first kappa shape index (κ1) is 30.6. The predicted molar refractivity (Wildman–Crippen MR) is 154 cm³/mol. The van der Waals surface area contributed by atoms with Crippen molar-refractivity contribution in [1.82, 2.24) is 10.2 Å². The maximum atomic E-state index is 14.8. The van der Waals surface area contributed by atoms with Gasteiger partial charge in [-0.3, -0.25) is 13.9 Å². The molecule has 10 heteroatoms. The smallest absolute Gasteiger partial charge is 0.244 e. The Labute approximate surface area is 235 Å². The zero-order valence-electron chi connectivity index (χ0n) is 23.0. The van der Waals surface area contributed by atoms with E-state index in [1.54, 1.807) is 30.3 Å². The number of carbonyl (C=O) groups excluding carboxylic acids is 2. The number of benzene rings is 3. The number of amides is 2. The summed E-state index contributed by atoms with van der Waals surface area (Å²) >= 11 is 0. The van der Waals surface area contributed by atoms with Gasteiger partial charge < -0.3 is 15.0 Å². The summed E-state index contributed by atoms with van der Waals surface area (Å²) in [5.41, 5.74) is 1.28. The molecule has 214 valence electrons. The van der Waals surface area contributed by atoms with E-state index in [0.29, 0.717) is 12.3 Å². The average Bonchev–Trinajstić information content (AvgIpc) is 2.94. The number of ether oxygens (including phenoxy) is 1. The largest absolute Gasteiger partial charge is 0.497 e. The molecule has 8 nitrogen and oxygen atoms in total. The van der Waals surface area contributed by atoms with E-state index in [-0.39, 0.29) is 24.2 Å². The van der Waals surface area contributed by atoms with Crippen LogP contribution in [0.15, 0.2) is 78.9 Å². The number of rotatable bonds is 14. The third-order valence-electron chi connectivity index (χ3n) is 6.44. The SMILES string of the molecule is CCCCNC(=O)[C@H](Cc1ccccc1)N(Cc1ccccc1F)C(=O)CN(c1ccc(OC)cc1)S(C)(=O)=O. The number of hydrogen-bond acceptors (Lipinski definition) is 5. The molecule has 0 aliphatic carbocycles. The zero-order valence-corrected chi connectivity index (χ0v) is 23.9. The third-order valence-corrected chi connectivity index (χ3v) is 7.58. The fourth-order valence-corrected chi connectivity index (χ4v) is 5.08. The molecule has 3 rings (SSSR count). The molecule has 0 aliphatic rings. The van der Waals surface area contributed by atoms with Crippen LogP contribution in [0.5, 0.6) is 5.75 Å². The van der Waals surface area contributed by atoms with Gasteiger partial charge >= 0.3 is 0 Å². The highest BCUT2D eigenvalue weighted by molar-refractivity contribution is 7.92. The topological polar surface area (TPSA) is 96.0 Å². The number of nitrogens with one attached hydrogen (secondary N) is 1. The van der Waals surface area contributed by atoms with Gasteiger partial charge in [0.25, 0.3) is 0 Å². The summed E-state index contributed by atoms with van der Waals surface area (Å²) in [6.45, 7) is 1.63. The lowest BCUT2D eigenvalue weighted by molar-refractivity contribution is -0.140. The van der Waals surface area contributed by atoms with Gasteiger partial charge in [0.15, 0.2) is 0 Å². The summed E-state index contributed by atoms with van der Waals surface area (Å²) in [7, 11) is -2.41. The maximum absolute atomic E-state index is 14.8. The van der Waals surface area contributed by atoms with Crippen molar-refractivity contribution in [3.05, 3.63) is 95.8 Å². The molecule has 1 N–H and O–H groups in total. The lowest BCUT2D eigenvalue weighted by atomic mass is 10.0. The lowest BCUT2D eigenvalue weighted by Crippen LogP contribution is -2.53. The summed E-state index contributed by atoms with van der Waals surface area (Å²) in [6, 6.07) is 20.5. The van der Waals surface area contributed by atoms with E-state index in [9.17, 15) is 22.4 Å². The molecule has 0 radical (unpaired) electrons. The number of anilines is 1. The van der Waals surface area contributed by atoms with Crippen LogP contribution in [0.3, 0.4) is 0 Å². The molecule has 3 aromatic rings. The monoisotopic (exact) mass is 569 g/mol. The Hall–Kier alpha value is -3.92. The number of hydrogen-bond donors (Lipinski definition) is 1. The van der Waals surface area contributed by atoms with Crippen LogP contribution in [0, 0.1) is 5.82 Å². The van der Waals surface area contributed by atoms with Gasteiger partial charge in [0.05, 0.1) is 19.1 Å². The number of methoxy groups -OCH3 is 1. The summed E-state index contributed by atoms with van der Waals surface area (Å²) < 4.78 is 46.5. The van der Waals surface area contributed by atoms with Crippen LogP contribution < -0.4 is 14.4 Å². The van der Waals surface area contributed by atoms with Crippen LogP contribution in [0.25, 0.3) is 0 Å².